The van der Waals surface area contributed by atoms with Gasteiger partial charge >= 0.3 is 5.97 Å². The van der Waals surface area contributed by atoms with Crippen LogP contribution in [0.5, 0.6) is 5.75 Å². The lowest BCUT2D eigenvalue weighted by atomic mass is 9.73. The van der Waals surface area contributed by atoms with Crippen molar-refractivity contribution in [3.8, 4) is 5.75 Å². The molecule has 166 valence electrons. The van der Waals surface area contributed by atoms with Crippen LogP contribution in [-0.4, -0.2) is 67.6 Å². The van der Waals surface area contributed by atoms with Crippen molar-refractivity contribution in [3.05, 3.63) is 29.8 Å². The molecule has 2 aliphatic rings. The van der Waals surface area contributed by atoms with Crippen molar-refractivity contribution in [1.29, 1.82) is 0 Å². The number of ether oxygens (including phenoxy) is 2. The number of benzene rings is 1. The first-order valence-corrected chi connectivity index (χ1v) is 11.4. The van der Waals surface area contributed by atoms with Gasteiger partial charge in [-0.05, 0) is 69.8 Å². The molecule has 0 radical (unpaired) electrons. The van der Waals surface area contributed by atoms with E-state index in [1.165, 1.54) is 6.42 Å². The summed E-state index contributed by atoms with van der Waals surface area (Å²) < 4.78 is 10.7. The Morgan fingerprint density at radius 2 is 1.77 bits per heavy atom. The van der Waals surface area contributed by atoms with Crippen LogP contribution in [0, 0.1) is 5.41 Å². The first kappa shape index (κ1) is 22.6. The van der Waals surface area contributed by atoms with Gasteiger partial charge in [0, 0.05) is 13.1 Å². The van der Waals surface area contributed by atoms with Gasteiger partial charge in [-0.15, -0.1) is 0 Å². The van der Waals surface area contributed by atoms with Gasteiger partial charge in [0.15, 0.2) is 0 Å². The second-order valence-corrected chi connectivity index (χ2v) is 8.49. The van der Waals surface area contributed by atoms with E-state index in [9.17, 15) is 9.59 Å². The van der Waals surface area contributed by atoms with Crippen molar-refractivity contribution in [3.63, 3.8) is 0 Å². The number of likely N-dealkylation sites (tertiary alicyclic amines) is 2. The molecule has 1 amide bonds. The third-order valence-corrected chi connectivity index (χ3v) is 6.75. The number of carbonyl (C=O) groups excluding carboxylic acids is 2. The fourth-order valence-corrected chi connectivity index (χ4v) is 4.89. The van der Waals surface area contributed by atoms with Crippen LogP contribution < -0.4 is 4.74 Å². The molecule has 1 unspecified atom stereocenters. The monoisotopic (exact) mass is 416 g/mol. The maximum atomic E-state index is 13.2. The molecule has 0 bridgehead atoms. The number of likely N-dealkylation sites (N-methyl/N-ethyl adjacent to an activating group) is 1. The van der Waals surface area contributed by atoms with Gasteiger partial charge in [0.05, 0.1) is 25.2 Å². The van der Waals surface area contributed by atoms with Gasteiger partial charge in [-0.25, -0.2) is 0 Å². The molecule has 1 aromatic carbocycles. The minimum Gasteiger partial charge on any atom is -0.497 e. The topological polar surface area (TPSA) is 59.1 Å². The minimum atomic E-state index is -0.571. The predicted octanol–water partition coefficient (Wildman–Crippen LogP) is 3.28. The number of esters is 1. The number of nitrogens with zero attached hydrogens (tertiary/aromatic N) is 2. The maximum absolute atomic E-state index is 13.2. The Balaban J connectivity index is 1.70. The van der Waals surface area contributed by atoms with Crippen LogP contribution in [0.4, 0.5) is 0 Å². The summed E-state index contributed by atoms with van der Waals surface area (Å²) in [6.07, 6.45) is 5.14. The van der Waals surface area contributed by atoms with E-state index in [0.717, 1.165) is 37.2 Å². The Labute approximate surface area is 180 Å². The summed E-state index contributed by atoms with van der Waals surface area (Å²) in [5, 5.41) is 0. The second-order valence-electron chi connectivity index (χ2n) is 8.49. The van der Waals surface area contributed by atoms with Crippen molar-refractivity contribution >= 4 is 11.9 Å². The summed E-state index contributed by atoms with van der Waals surface area (Å²) in [7, 11) is 1.65. The fourth-order valence-electron chi connectivity index (χ4n) is 4.89. The van der Waals surface area contributed by atoms with Crippen molar-refractivity contribution in [2.45, 2.75) is 58.4 Å². The molecule has 0 spiro atoms. The van der Waals surface area contributed by atoms with Crippen LogP contribution >= 0.6 is 0 Å². The van der Waals surface area contributed by atoms with Crippen molar-refractivity contribution in [2.75, 3.05) is 39.9 Å². The quantitative estimate of drug-likeness (QED) is 0.639. The number of carbonyl (C=O) groups is 2. The molecule has 3 rings (SSSR count). The SMILES string of the molecule is CCOC(=O)C1(Cc2ccc(OC)cc2)CCN(C(=O)C2CCCCN2CC)CC1. The van der Waals surface area contributed by atoms with Gasteiger partial charge in [-0.3, -0.25) is 14.5 Å². The zero-order chi connectivity index (χ0) is 21.6. The molecular formula is C24H36N2O4. The van der Waals surface area contributed by atoms with E-state index in [4.69, 9.17) is 9.47 Å². The molecule has 1 atom stereocenters. The summed E-state index contributed by atoms with van der Waals surface area (Å²) in [5.41, 5.74) is 0.520. The van der Waals surface area contributed by atoms with Gasteiger partial charge in [0.2, 0.25) is 5.91 Å². The highest BCUT2D eigenvalue weighted by atomic mass is 16.5. The Hall–Kier alpha value is -2.08. The minimum absolute atomic E-state index is 0.000400. The van der Waals surface area contributed by atoms with Crippen LogP contribution in [0.25, 0.3) is 0 Å². The zero-order valence-corrected chi connectivity index (χ0v) is 18.7. The average Bonchev–Trinajstić information content (AvgIpc) is 2.79. The smallest absolute Gasteiger partial charge is 0.312 e. The highest BCUT2D eigenvalue weighted by Crippen LogP contribution is 2.37. The van der Waals surface area contributed by atoms with Gasteiger partial charge in [-0.2, -0.15) is 0 Å². The molecular weight excluding hydrogens is 380 g/mol. The van der Waals surface area contributed by atoms with Gasteiger partial charge < -0.3 is 14.4 Å². The normalized spacial score (nSPS) is 21.8. The summed E-state index contributed by atoms with van der Waals surface area (Å²) in [5.74, 6) is 0.900. The zero-order valence-electron chi connectivity index (χ0n) is 18.7. The molecule has 2 heterocycles. The summed E-state index contributed by atoms with van der Waals surface area (Å²) >= 11 is 0. The maximum Gasteiger partial charge on any atom is 0.312 e. The molecule has 30 heavy (non-hydrogen) atoms. The van der Waals surface area contributed by atoms with Gasteiger partial charge in [0.25, 0.3) is 0 Å². The largest absolute Gasteiger partial charge is 0.497 e. The third-order valence-electron chi connectivity index (χ3n) is 6.75. The van der Waals surface area contributed by atoms with Crippen molar-refractivity contribution in [1.82, 2.24) is 9.80 Å². The van der Waals surface area contributed by atoms with Crippen LogP contribution in [0.2, 0.25) is 0 Å². The molecule has 2 fully saturated rings. The van der Waals surface area contributed by atoms with Crippen LogP contribution in [0.1, 0.15) is 51.5 Å². The van der Waals surface area contributed by atoms with E-state index in [2.05, 4.69) is 11.8 Å². The van der Waals surface area contributed by atoms with Crippen molar-refractivity contribution < 1.29 is 19.1 Å². The number of rotatable bonds is 7. The van der Waals surface area contributed by atoms with E-state index in [1.807, 2.05) is 36.1 Å². The van der Waals surface area contributed by atoms with Crippen LogP contribution in [0.3, 0.4) is 0 Å². The third kappa shape index (κ3) is 4.97. The summed E-state index contributed by atoms with van der Waals surface area (Å²) in [4.78, 5) is 30.5. The lowest BCUT2D eigenvalue weighted by molar-refractivity contribution is -0.161. The number of piperidine rings is 2. The molecule has 2 aliphatic heterocycles. The van der Waals surface area contributed by atoms with E-state index in [0.29, 0.717) is 39.0 Å². The fraction of sp³-hybridized carbons (Fsp3) is 0.667. The first-order valence-electron chi connectivity index (χ1n) is 11.4. The summed E-state index contributed by atoms with van der Waals surface area (Å²) in [6, 6.07) is 7.88. The lowest BCUT2D eigenvalue weighted by Crippen LogP contribution is -2.55. The lowest BCUT2D eigenvalue weighted by Gasteiger charge is -2.43. The van der Waals surface area contributed by atoms with Crippen LogP contribution in [-0.2, 0) is 20.7 Å². The van der Waals surface area contributed by atoms with Gasteiger partial charge in [0.1, 0.15) is 5.75 Å². The predicted molar refractivity (Wildman–Crippen MR) is 116 cm³/mol. The molecule has 1 aromatic rings. The first-order chi connectivity index (χ1) is 14.5. The number of methoxy groups -OCH3 is 1. The highest BCUT2D eigenvalue weighted by molar-refractivity contribution is 5.83. The van der Waals surface area contributed by atoms with Crippen molar-refractivity contribution in [2.24, 2.45) is 5.41 Å². The van der Waals surface area contributed by atoms with E-state index in [1.54, 1.807) is 7.11 Å². The number of amides is 1. The molecule has 0 saturated carbocycles. The number of hydrogen-bond acceptors (Lipinski definition) is 5. The average molecular weight is 417 g/mol. The Bertz CT molecular complexity index is 710. The Morgan fingerprint density at radius 1 is 1.07 bits per heavy atom. The number of hydrogen-bond donors (Lipinski definition) is 0. The molecule has 0 aromatic heterocycles. The molecule has 2 saturated heterocycles. The molecule has 0 aliphatic carbocycles. The Kier molecular flexibility index (Phi) is 7.75. The van der Waals surface area contributed by atoms with E-state index >= 15 is 0 Å². The summed E-state index contributed by atoms with van der Waals surface area (Å²) in [6.45, 7) is 7.49. The molecule has 6 nitrogen and oxygen atoms in total. The van der Waals surface area contributed by atoms with Gasteiger partial charge in [-0.1, -0.05) is 25.5 Å². The molecule has 6 heteroatoms. The highest BCUT2D eigenvalue weighted by Gasteiger charge is 2.44. The molecule has 0 N–H and O–H groups in total. The Morgan fingerprint density at radius 3 is 2.37 bits per heavy atom. The van der Waals surface area contributed by atoms with E-state index < -0.39 is 5.41 Å². The van der Waals surface area contributed by atoms with Crippen LogP contribution in [0.15, 0.2) is 24.3 Å². The standard InChI is InChI=1S/C24H36N2O4/c1-4-25-15-7-6-8-21(25)22(27)26-16-13-24(14-17-26,23(28)30-5-2)18-19-9-11-20(29-3)12-10-19/h9-12,21H,4-8,13-18H2,1-3H3. The van der Waals surface area contributed by atoms with E-state index in [-0.39, 0.29) is 17.9 Å². The second kappa shape index (κ2) is 10.3.